The molecule has 0 aromatic carbocycles. The fraction of sp³-hybridized carbons (Fsp3) is 0.881. The maximum absolute atomic E-state index is 12.0. The zero-order chi connectivity index (χ0) is 44.0. The van der Waals surface area contributed by atoms with Gasteiger partial charge in [-0.2, -0.15) is 0 Å². The predicted octanol–water partition coefficient (Wildman–Crippen LogP) is 4.88. The molecule has 4 amide bonds. The lowest BCUT2D eigenvalue weighted by molar-refractivity contribution is -0.136. The minimum atomic E-state index is -0.312. The van der Waals surface area contributed by atoms with Gasteiger partial charge in [-0.25, -0.2) is 5.48 Å². The molecule has 0 heterocycles. The number of rotatable bonds is 47. The zero-order valence-electron chi connectivity index (χ0n) is 36.8. The summed E-state index contributed by atoms with van der Waals surface area (Å²) in [5.74, 6) is -0.944. The van der Waals surface area contributed by atoms with Crippen molar-refractivity contribution in [1.29, 1.82) is 0 Å². The molecule has 0 aromatic rings. The van der Waals surface area contributed by atoms with Crippen molar-refractivity contribution >= 4 is 50.8 Å². The van der Waals surface area contributed by atoms with E-state index in [2.05, 4.69) is 55.5 Å². The number of unbranched alkanes of at least 4 members (excludes halogenated alkanes) is 17. The minimum Gasteiger partial charge on any atom is -0.377 e. The molecule has 60 heavy (non-hydrogen) atoms. The summed E-state index contributed by atoms with van der Waals surface area (Å²) in [6.45, 7) is 4.92. The van der Waals surface area contributed by atoms with E-state index in [1.807, 2.05) is 0 Å². The second kappa shape index (κ2) is 46.6. The first-order valence-electron chi connectivity index (χ1n) is 22.6. The Bertz CT molecular complexity index is 1050. The number of hydroxylamine groups is 1. The van der Waals surface area contributed by atoms with Crippen molar-refractivity contribution < 1.29 is 52.5 Å². The lowest BCUT2D eigenvalue weighted by atomic mass is 10.0. The molecule has 2 atom stereocenters. The van der Waals surface area contributed by atoms with E-state index in [1.165, 1.54) is 89.9 Å². The number of carbonyl (C=O) groups excluding carboxylic acids is 5. The molecule has 0 aliphatic heterocycles. The van der Waals surface area contributed by atoms with Crippen LogP contribution in [0.4, 0.5) is 0 Å². The molecule has 0 fully saturated rings. The zero-order valence-corrected chi connectivity index (χ0v) is 38.9. The third-order valence-electron chi connectivity index (χ3n) is 9.34. The van der Waals surface area contributed by atoms with Crippen LogP contribution in [0.15, 0.2) is 0 Å². The van der Waals surface area contributed by atoms with E-state index in [0.717, 1.165) is 32.1 Å². The Hall–Kier alpha value is -1.95. The Morgan fingerprint density at radius 2 is 0.867 bits per heavy atom. The van der Waals surface area contributed by atoms with E-state index >= 15 is 0 Å². The standard InChI is InChI=1S/C42H82N5O11PS/c1-2-3-4-5-6-7-8-9-10-11-12-13-14-15-16-17-18-22-38(48)46-58-33-32-57-36-41(51)45-25-27-54-29-31-56-35-40(50)44-24-26-53-28-30-55-34-39(49)43-23-20-19-21-37(47-59)42(52)60/h37,47H,2-36,59H2,1H3,(H,43,49)(H,44,50)(H,45,51)(H,46,48)(H,52,60)/t37-/m0/s1. The molecule has 352 valence electrons. The predicted molar refractivity (Wildman–Crippen MR) is 240 cm³/mol. The van der Waals surface area contributed by atoms with Crippen molar-refractivity contribution in [2.45, 2.75) is 148 Å². The van der Waals surface area contributed by atoms with Gasteiger partial charge in [0.25, 0.3) is 0 Å². The molecule has 5 N–H and O–H groups in total. The van der Waals surface area contributed by atoms with Crippen molar-refractivity contribution in [3.8, 4) is 0 Å². The van der Waals surface area contributed by atoms with Gasteiger partial charge in [0, 0.05) is 26.1 Å². The third-order valence-corrected chi connectivity index (χ3v) is 10.1. The molecule has 0 rings (SSSR count). The van der Waals surface area contributed by atoms with Gasteiger partial charge in [-0.05, 0) is 25.7 Å². The van der Waals surface area contributed by atoms with E-state index in [1.54, 1.807) is 0 Å². The normalized spacial score (nSPS) is 11.7. The molecule has 0 saturated heterocycles. The summed E-state index contributed by atoms with van der Waals surface area (Å²) >= 11 is 3.82. The van der Waals surface area contributed by atoms with Crippen LogP contribution >= 0.6 is 22.0 Å². The number of hydrogen-bond donors (Lipinski definition) is 6. The van der Waals surface area contributed by atoms with Crippen LogP contribution in [0.25, 0.3) is 0 Å². The Balaban J connectivity index is 3.38. The third kappa shape index (κ3) is 44.1. The maximum atomic E-state index is 12.0. The lowest BCUT2D eigenvalue weighted by Gasteiger charge is -2.11. The van der Waals surface area contributed by atoms with Crippen molar-refractivity contribution in [3.05, 3.63) is 0 Å². The number of nitrogens with one attached hydrogen (secondary N) is 5. The van der Waals surface area contributed by atoms with Gasteiger partial charge < -0.3 is 39.6 Å². The van der Waals surface area contributed by atoms with Crippen LogP contribution in [-0.2, 0) is 52.5 Å². The Labute approximate surface area is 368 Å². The highest BCUT2D eigenvalue weighted by atomic mass is 32.1. The Kier molecular flexibility index (Phi) is 45.0. The second-order valence-corrected chi connectivity index (χ2v) is 15.5. The largest absolute Gasteiger partial charge is 0.377 e. The van der Waals surface area contributed by atoms with Gasteiger partial charge in [-0.3, -0.25) is 33.9 Å². The topological polar surface area (TPSA) is 201 Å². The highest BCUT2D eigenvalue weighted by Crippen LogP contribution is 2.14. The number of thiol groups is 1. The summed E-state index contributed by atoms with van der Waals surface area (Å²) < 4.78 is 26.6. The highest BCUT2D eigenvalue weighted by Gasteiger charge is 2.12. The van der Waals surface area contributed by atoms with Crippen molar-refractivity contribution in [1.82, 2.24) is 26.5 Å². The molecule has 0 radical (unpaired) electrons. The number of carbonyl (C=O) groups is 5. The molecular formula is C42H82N5O11PS. The molecule has 0 saturated carbocycles. The van der Waals surface area contributed by atoms with Crippen molar-refractivity contribution in [3.63, 3.8) is 0 Å². The maximum Gasteiger partial charge on any atom is 0.246 e. The molecule has 18 heteroatoms. The van der Waals surface area contributed by atoms with E-state index in [4.69, 9.17) is 28.5 Å². The number of hydrogen-bond acceptors (Lipinski definition) is 12. The molecule has 0 aliphatic carbocycles. The lowest BCUT2D eigenvalue weighted by Crippen LogP contribution is -2.32. The van der Waals surface area contributed by atoms with Crippen LogP contribution in [0.5, 0.6) is 0 Å². The fourth-order valence-corrected chi connectivity index (χ4v) is 6.55. The van der Waals surface area contributed by atoms with Gasteiger partial charge in [0.05, 0.1) is 58.9 Å². The first-order chi connectivity index (χ1) is 29.3. The Morgan fingerprint density at radius 3 is 1.30 bits per heavy atom. The summed E-state index contributed by atoms with van der Waals surface area (Å²) in [5.41, 5.74) is 2.43. The molecule has 0 bridgehead atoms. The van der Waals surface area contributed by atoms with Crippen LogP contribution in [-0.4, -0.2) is 127 Å². The molecular weight excluding hydrogens is 814 g/mol. The van der Waals surface area contributed by atoms with Crippen LogP contribution in [0, 0.1) is 0 Å². The SMILES string of the molecule is CCCCCCCCCCCCCCCCCCCC(=O)NOCCOCC(=O)NCCOCCOCC(=O)NCCOCCOCC(=O)NCCCC[C@H](NP)C(=O)S. The van der Waals surface area contributed by atoms with Gasteiger partial charge in [0.2, 0.25) is 28.7 Å². The summed E-state index contributed by atoms with van der Waals surface area (Å²) in [7, 11) is 2.31. The second-order valence-electron chi connectivity index (χ2n) is 14.8. The monoisotopic (exact) mass is 896 g/mol. The first kappa shape index (κ1) is 58.0. The van der Waals surface area contributed by atoms with Crippen LogP contribution in [0.2, 0.25) is 0 Å². The quantitative estimate of drug-likeness (QED) is 0.0210. The summed E-state index contributed by atoms with van der Waals surface area (Å²) in [4.78, 5) is 63.9. The molecule has 1 unspecified atom stereocenters. The number of amides is 4. The highest BCUT2D eigenvalue weighted by molar-refractivity contribution is 7.96. The van der Waals surface area contributed by atoms with Gasteiger partial charge in [-0.1, -0.05) is 119 Å². The van der Waals surface area contributed by atoms with Gasteiger partial charge >= 0.3 is 0 Å². The summed E-state index contributed by atoms with van der Waals surface area (Å²) in [6, 6.07) is -0.312. The van der Waals surface area contributed by atoms with Gasteiger partial charge in [-0.15, -0.1) is 12.6 Å². The smallest absolute Gasteiger partial charge is 0.246 e. The van der Waals surface area contributed by atoms with E-state index in [0.29, 0.717) is 32.5 Å². The van der Waals surface area contributed by atoms with Crippen molar-refractivity contribution in [2.24, 2.45) is 0 Å². The van der Waals surface area contributed by atoms with Gasteiger partial charge in [0.1, 0.15) is 19.8 Å². The van der Waals surface area contributed by atoms with E-state index < -0.39 is 0 Å². The fourth-order valence-electron chi connectivity index (χ4n) is 5.89. The summed E-state index contributed by atoms with van der Waals surface area (Å²) in [5, 5.41) is 10.7. The van der Waals surface area contributed by atoms with Crippen LogP contribution in [0.3, 0.4) is 0 Å². The summed E-state index contributed by atoms with van der Waals surface area (Å²) in [6.07, 6.45) is 24.7. The average molecular weight is 896 g/mol. The number of ether oxygens (including phenoxy) is 5. The van der Waals surface area contributed by atoms with Gasteiger partial charge in [0.15, 0.2) is 0 Å². The van der Waals surface area contributed by atoms with Crippen LogP contribution in [0.1, 0.15) is 142 Å². The Morgan fingerprint density at radius 1 is 0.467 bits per heavy atom. The minimum absolute atomic E-state index is 0.0740. The molecule has 0 spiro atoms. The average Bonchev–Trinajstić information content (AvgIpc) is 3.23. The van der Waals surface area contributed by atoms with E-state index in [-0.39, 0.29) is 107 Å². The first-order valence-corrected chi connectivity index (χ1v) is 23.6. The van der Waals surface area contributed by atoms with Crippen molar-refractivity contribution in [2.75, 3.05) is 92.3 Å². The molecule has 16 nitrogen and oxygen atoms in total. The molecule has 0 aromatic heterocycles. The van der Waals surface area contributed by atoms with Crippen LogP contribution < -0.4 is 26.5 Å². The van der Waals surface area contributed by atoms with E-state index in [9.17, 15) is 24.0 Å². The molecule has 0 aliphatic rings.